The van der Waals surface area contributed by atoms with Crippen molar-refractivity contribution in [1.82, 2.24) is 0 Å². The highest BCUT2D eigenvalue weighted by Gasteiger charge is 2.26. The van der Waals surface area contributed by atoms with Crippen LogP contribution in [0.4, 0.5) is 4.39 Å². The summed E-state index contributed by atoms with van der Waals surface area (Å²) in [7, 11) is 0. The lowest BCUT2D eigenvalue weighted by molar-refractivity contribution is -0.121. The molecule has 0 saturated carbocycles. The zero-order valence-corrected chi connectivity index (χ0v) is 11.9. The molecule has 0 N–H and O–H groups in total. The standard InChI is InChI=1S/C15H19FO4/c1-4-11(17)14(16)15(18)10-7-8-12(19-5-2)13(9-10)20-6-3/h7-9,14H,4-6H2,1-3H3. The quantitative estimate of drug-likeness (QED) is 0.543. The predicted molar refractivity (Wildman–Crippen MR) is 73.3 cm³/mol. The van der Waals surface area contributed by atoms with E-state index in [2.05, 4.69) is 0 Å². The highest BCUT2D eigenvalue weighted by atomic mass is 19.1. The summed E-state index contributed by atoms with van der Waals surface area (Å²) in [5.41, 5.74) is 0.103. The van der Waals surface area contributed by atoms with Crippen LogP contribution in [0.5, 0.6) is 11.5 Å². The second kappa shape index (κ2) is 7.62. The van der Waals surface area contributed by atoms with Crippen LogP contribution >= 0.6 is 0 Å². The summed E-state index contributed by atoms with van der Waals surface area (Å²) < 4.78 is 24.4. The fraction of sp³-hybridized carbons (Fsp3) is 0.467. The monoisotopic (exact) mass is 282 g/mol. The van der Waals surface area contributed by atoms with Crippen LogP contribution in [0.15, 0.2) is 18.2 Å². The number of ether oxygens (including phenoxy) is 2. The van der Waals surface area contributed by atoms with Gasteiger partial charge in [-0.1, -0.05) is 6.92 Å². The number of benzene rings is 1. The van der Waals surface area contributed by atoms with E-state index in [1.807, 2.05) is 6.92 Å². The molecule has 0 amide bonds. The molecule has 20 heavy (non-hydrogen) atoms. The summed E-state index contributed by atoms with van der Waals surface area (Å²) in [4.78, 5) is 23.1. The lowest BCUT2D eigenvalue weighted by Crippen LogP contribution is -2.25. The Balaban J connectivity index is 3.04. The number of hydrogen-bond donors (Lipinski definition) is 0. The van der Waals surface area contributed by atoms with Crippen LogP contribution in [0.3, 0.4) is 0 Å². The number of rotatable bonds is 8. The van der Waals surface area contributed by atoms with E-state index >= 15 is 0 Å². The molecule has 0 aliphatic carbocycles. The highest BCUT2D eigenvalue weighted by Crippen LogP contribution is 2.29. The molecule has 1 rings (SSSR count). The maximum Gasteiger partial charge on any atom is 0.220 e. The molecule has 1 aromatic carbocycles. The van der Waals surface area contributed by atoms with Crippen molar-refractivity contribution < 1.29 is 23.5 Å². The normalized spacial score (nSPS) is 11.8. The van der Waals surface area contributed by atoms with Crippen molar-refractivity contribution in [2.24, 2.45) is 0 Å². The SMILES string of the molecule is CCOc1ccc(C(=O)C(F)C(=O)CC)cc1OCC. The van der Waals surface area contributed by atoms with Gasteiger partial charge in [-0.2, -0.15) is 0 Å². The number of halogens is 1. The van der Waals surface area contributed by atoms with Crippen LogP contribution in [0.25, 0.3) is 0 Å². The Kier molecular flexibility index (Phi) is 6.15. The lowest BCUT2D eigenvalue weighted by Gasteiger charge is -2.12. The number of Topliss-reactive ketones (excluding diaryl/α,β-unsaturated/α-hetero) is 2. The minimum Gasteiger partial charge on any atom is -0.490 e. The van der Waals surface area contributed by atoms with E-state index in [-0.39, 0.29) is 12.0 Å². The Hall–Kier alpha value is -1.91. The molecule has 110 valence electrons. The number of alkyl halides is 1. The van der Waals surface area contributed by atoms with E-state index in [0.717, 1.165) is 0 Å². The van der Waals surface area contributed by atoms with Gasteiger partial charge in [-0.3, -0.25) is 9.59 Å². The first-order valence-corrected chi connectivity index (χ1v) is 6.65. The van der Waals surface area contributed by atoms with Crippen LogP contribution in [0.2, 0.25) is 0 Å². The number of hydrogen-bond acceptors (Lipinski definition) is 4. The first kappa shape index (κ1) is 16.1. The van der Waals surface area contributed by atoms with Crippen molar-refractivity contribution in [2.75, 3.05) is 13.2 Å². The molecule has 0 aliphatic rings. The molecule has 1 unspecified atom stereocenters. The van der Waals surface area contributed by atoms with Gasteiger partial charge in [0.1, 0.15) is 0 Å². The molecule has 0 fully saturated rings. The van der Waals surface area contributed by atoms with E-state index in [1.165, 1.54) is 19.1 Å². The molecular weight excluding hydrogens is 263 g/mol. The Morgan fingerprint density at radius 1 is 1.10 bits per heavy atom. The fourth-order valence-electron chi connectivity index (χ4n) is 1.68. The van der Waals surface area contributed by atoms with Crippen molar-refractivity contribution in [3.63, 3.8) is 0 Å². The van der Waals surface area contributed by atoms with Crippen LogP contribution in [-0.2, 0) is 4.79 Å². The van der Waals surface area contributed by atoms with Crippen LogP contribution < -0.4 is 9.47 Å². The molecular formula is C15H19FO4. The summed E-state index contributed by atoms with van der Waals surface area (Å²) in [5, 5.41) is 0. The number of carbonyl (C=O) groups excluding carboxylic acids is 2. The summed E-state index contributed by atoms with van der Waals surface area (Å²) in [6.07, 6.45) is -2.13. The van der Waals surface area contributed by atoms with Crippen molar-refractivity contribution >= 4 is 11.6 Å². The summed E-state index contributed by atoms with van der Waals surface area (Å²) >= 11 is 0. The van der Waals surface area contributed by atoms with Crippen LogP contribution in [0.1, 0.15) is 37.6 Å². The van der Waals surface area contributed by atoms with Gasteiger partial charge in [0.25, 0.3) is 0 Å². The molecule has 4 nitrogen and oxygen atoms in total. The van der Waals surface area contributed by atoms with Gasteiger partial charge < -0.3 is 9.47 Å². The van der Waals surface area contributed by atoms with E-state index in [0.29, 0.717) is 24.7 Å². The Bertz CT molecular complexity index is 485. The largest absolute Gasteiger partial charge is 0.490 e. The third-order valence-electron chi connectivity index (χ3n) is 2.69. The van der Waals surface area contributed by atoms with Gasteiger partial charge in [0.05, 0.1) is 13.2 Å². The molecule has 0 spiro atoms. The van der Waals surface area contributed by atoms with E-state index in [1.54, 1.807) is 13.0 Å². The molecule has 1 atom stereocenters. The predicted octanol–water partition coefficient (Wildman–Crippen LogP) is 2.98. The maximum atomic E-state index is 13.7. The van der Waals surface area contributed by atoms with E-state index < -0.39 is 17.7 Å². The second-order valence-corrected chi connectivity index (χ2v) is 4.07. The average molecular weight is 282 g/mol. The van der Waals surface area contributed by atoms with Crippen LogP contribution in [-0.4, -0.2) is 31.0 Å². The average Bonchev–Trinajstić information content (AvgIpc) is 2.47. The molecule has 5 heteroatoms. The third kappa shape index (κ3) is 3.79. The van der Waals surface area contributed by atoms with Crippen molar-refractivity contribution in [1.29, 1.82) is 0 Å². The van der Waals surface area contributed by atoms with Gasteiger partial charge >= 0.3 is 0 Å². The fourth-order valence-corrected chi connectivity index (χ4v) is 1.68. The zero-order valence-electron chi connectivity index (χ0n) is 11.9. The Morgan fingerprint density at radius 3 is 2.25 bits per heavy atom. The minimum absolute atomic E-state index is 0.0117. The van der Waals surface area contributed by atoms with Crippen molar-refractivity contribution in [3.05, 3.63) is 23.8 Å². The smallest absolute Gasteiger partial charge is 0.220 e. The molecule has 1 aromatic rings. The molecule has 0 aliphatic heterocycles. The van der Waals surface area contributed by atoms with Gasteiger partial charge in [0.15, 0.2) is 17.3 Å². The molecule has 0 heterocycles. The zero-order chi connectivity index (χ0) is 15.1. The summed E-state index contributed by atoms with van der Waals surface area (Å²) in [5.74, 6) is -0.706. The first-order chi connectivity index (χ1) is 9.54. The van der Waals surface area contributed by atoms with Crippen molar-refractivity contribution in [2.45, 2.75) is 33.4 Å². The third-order valence-corrected chi connectivity index (χ3v) is 2.69. The van der Waals surface area contributed by atoms with Gasteiger partial charge in [0.2, 0.25) is 12.0 Å². The maximum absolute atomic E-state index is 13.7. The number of carbonyl (C=O) groups is 2. The molecule has 0 radical (unpaired) electrons. The van der Waals surface area contributed by atoms with Gasteiger partial charge in [0, 0.05) is 12.0 Å². The highest BCUT2D eigenvalue weighted by molar-refractivity contribution is 6.13. The van der Waals surface area contributed by atoms with E-state index in [9.17, 15) is 14.0 Å². The van der Waals surface area contributed by atoms with Gasteiger partial charge in [-0.15, -0.1) is 0 Å². The summed E-state index contributed by atoms with van der Waals surface area (Å²) in [6.45, 7) is 5.99. The molecule has 0 saturated heterocycles. The topological polar surface area (TPSA) is 52.6 Å². The minimum atomic E-state index is -2.12. The first-order valence-electron chi connectivity index (χ1n) is 6.65. The van der Waals surface area contributed by atoms with Crippen molar-refractivity contribution in [3.8, 4) is 11.5 Å². The Morgan fingerprint density at radius 2 is 1.70 bits per heavy atom. The lowest BCUT2D eigenvalue weighted by atomic mass is 10.0. The van der Waals surface area contributed by atoms with Gasteiger partial charge in [-0.05, 0) is 32.0 Å². The van der Waals surface area contributed by atoms with Gasteiger partial charge in [-0.25, -0.2) is 4.39 Å². The van der Waals surface area contributed by atoms with Crippen LogP contribution in [0, 0.1) is 0 Å². The number of ketones is 2. The van der Waals surface area contributed by atoms with E-state index in [4.69, 9.17) is 9.47 Å². The Labute approximate surface area is 117 Å². The second-order valence-electron chi connectivity index (χ2n) is 4.07. The molecule has 0 bridgehead atoms. The molecule has 0 aromatic heterocycles. The summed E-state index contributed by atoms with van der Waals surface area (Å²) in [6, 6.07) is 4.39.